The second kappa shape index (κ2) is 8.64. The van der Waals surface area contributed by atoms with E-state index in [4.69, 9.17) is 0 Å². The van der Waals surface area contributed by atoms with E-state index < -0.39 is 15.6 Å². The number of hydrogen-bond donors (Lipinski definition) is 2. The van der Waals surface area contributed by atoms with Gasteiger partial charge in [-0.15, -0.1) is 0 Å². The van der Waals surface area contributed by atoms with Crippen molar-refractivity contribution >= 4 is 21.8 Å². The fourth-order valence-corrected chi connectivity index (χ4v) is 3.91. The van der Waals surface area contributed by atoms with Crippen molar-refractivity contribution in [2.24, 2.45) is 0 Å². The van der Waals surface area contributed by atoms with Crippen molar-refractivity contribution in [1.82, 2.24) is 19.4 Å². The number of carbonyl (C=O) groups excluding carboxylic acids is 2. The number of piperazine rings is 1. The Hall–Kier alpha value is -1.23. The Balaban J connectivity index is 1.83. The minimum absolute atomic E-state index is 0.0784. The molecule has 2 heterocycles. The van der Waals surface area contributed by atoms with Crippen molar-refractivity contribution in [3.63, 3.8) is 0 Å². The number of hydrogen-bond acceptors (Lipinski definition) is 6. The van der Waals surface area contributed by atoms with Gasteiger partial charge in [-0.1, -0.05) is 0 Å². The second-order valence-corrected chi connectivity index (χ2v) is 9.17. The third-order valence-electron chi connectivity index (χ3n) is 5.09. The van der Waals surface area contributed by atoms with Crippen molar-refractivity contribution in [3.05, 3.63) is 0 Å². The molecular weight excluding hydrogens is 360 g/mol. The van der Waals surface area contributed by atoms with Crippen LogP contribution in [0.15, 0.2) is 0 Å². The number of sulfonamides is 1. The summed E-state index contributed by atoms with van der Waals surface area (Å²) < 4.78 is 24.5. The van der Waals surface area contributed by atoms with E-state index in [0.717, 1.165) is 19.3 Å². The maximum atomic E-state index is 12.2. The molecule has 10 heteroatoms. The van der Waals surface area contributed by atoms with Crippen LogP contribution in [0.3, 0.4) is 0 Å². The van der Waals surface area contributed by atoms with Crippen LogP contribution in [0.5, 0.6) is 0 Å². The molecule has 2 rings (SSSR count). The summed E-state index contributed by atoms with van der Waals surface area (Å²) in [6, 6.07) is 0. The van der Waals surface area contributed by atoms with Crippen LogP contribution in [-0.4, -0.2) is 104 Å². The van der Waals surface area contributed by atoms with Crippen molar-refractivity contribution in [2.45, 2.75) is 31.8 Å². The maximum Gasteiger partial charge on any atom is 0.237 e. The Bertz CT molecular complexity index is 618. The first-order valence-electron chi connectivity index (χ1n) is 9.01. The molecule has 2 N–H and O–H groups in total. The Morgan fingerprint density at radius 3 is 2.27 bits per heavy atom. The molecule has 1 unspecified atom stereocenters. The lowest BCUT2D eigenvalue weighted by Crippen LogP contribution is -2.53. The Morgan fingerprint density at radius 2 is 1.69 bits per heavy atom. The number of β-amino-alcohol motifs (C(OH)–C–C–N with tert-alkyl or cyclic N) is 1. The summed E-state index contributed by atoms with van der Waals surface area (Å²) >= 11 is 0. The van der Waals surface area contributed by atoms with Crippen LogP contribution in [0.2, 0.25) is 0 Å². The van der Waals surface area contributed by atoms with Crippen LogP contribution in [0.1, 0.15) is 26.2 Å². The molecule has 0 aromatic rings. The lowest BCUT2D eigenvalue weighted by atomic mass is 9.94. The van der Waals surface area contributed by atoms with Gasteiger partial charge in [0.2, 0.25) is 21.8 Å². The highest BCUT2D eigenvalue weighted by Gasteiger charge is 2.34. The van der Waals surface area contributed by atoms with Crippen LogP contribution in [0, 0.1) is 0 Å². The van der Waals surface area contributed by atoms with Gasteiger partial charge in [0.1, 0.15) is 0 Å². The Morgan fingerprint density at radius 1 is 1.04 bits per heavy atom. The highest BCUT2D eigenvalue weighted by atomic mass is 32.2. The predicted octanol–water partition coefficient (Wildman–Crippen LogP) is -1.56. The minimum Gasteiger partial charge on any atom is -0.388 e. The lowest BCUT2D eigenvalue weighted by molar-refractivity contribution is -0.131. The summed E-state index contributed by atoms with van der Waals surface area (Å²) in [5.41, 5.74) is -0.863. The molecule has 26 heavy (non-hydrogen) atoms. The molecule has 9 nitrogen and oxygen atoms in total. The van der Waals surface area contributed by atoms with Gasteiger partial charge in [0, 0.05) is 52.7 Å². The average Bonchev–Trinajstić information content (AvgIpc) is 2.74. The zero-order valence-corrected chi connectivity index (χ0v) is 16.4. The monoisotopic (exact) mass is 390 g/mol. The first-order valence-corrected chi connectivity index (χ1v) is 10.9. The SMILES string of the molecule is CC(=O)N1CCN(CC2(O)CCCN(C(=O)CNS(C)(=O)=O)CC2)CC1. The summed E-state index contributed by atoms with van der Waals surface area (Å²) in [6.07, 6.45) is 2.76. The molecule has 2 fully saturated rings. The molecule has 0 aliphatic carbocycles. The van der Waals surface area contributed by atoms with E-state index in [1.54, 1.807) is 11.8 Å². The molecule has 0 radical (unpaired) electrons. The summed E-state index contributed by atoms with van der Waals surface area (Å²) in [5, 5.41) is 11.0. The van der Waals surface area contributed by atoms with Crippen LogP contribution in [0.25, 0.3) is 0 Å². The molecule has 0 saturated carbocycles. The maximum absolute atomic E-state index is 12.2. The van der Waals surface area contributed by atoms with Gasteiger partial charge in [0.25, 0.3) is 0 Å². The number of likely N-dealkylation sites (tertiary alicyclic amines) is 1. The van der Waals surface area contributed by atoms with Crippen molar-refractivity contribution in [1.29, 1.82) is 0 Å². The van der Waals surface area contributed by atoms with E-state index in [0.29, 0.717) is 52.0 Å². The molecule has 0 bridgehead atoms. The smallest absolute Gasteiger partial charge is 0.237 e. The van der Waals surface area contributed by atoms with E-state index in [2.05, 4.69) is 9.62 Å². The number of rotatable bonds is 5. The van der Waals surface area contributed by atoms with Gasteiger partial charge in [0.15, 0.2) is 0 Å². The summed E-state index contributed by atoms with van der Waals surface area (Å²) in [5.74, 6) is -0.190. The molecule has 1 atom stereocenters. The zero-order valence-electron chi connectivity index (χ0n) is 15.6. The Labute approximate surface area is 155 Å². The molecule has 2 aliphatic rings. The molecule has 2 aliphatic heterocycles. The third-order valence-corrected chi connectivity index (χ3v) is 5.76. The molecule has 0 aromatic heterocycles. The number of nitrogens with one attached hydrogen (secondary N) is 1. The van der Waals surface area contributed by atoms with Gasteiger partial charge in [-0.3, -0.25) is 14.5 Å². The minimum atomic E-state index is -3.40. The van der Waals surface area contributed by atoms with E-state index in [-0.39, 0.29) is 18.4 Å². The van der Waals surface area contributed by atoms with E-state index in [1.165, 1.54) is 0 Å². The van der Waals surface area contributed by atoms with Crippen LogP contribution in [-0.2, 0) is 19.6 Å². The van der Waals surface area contributed by atoms with Crippen LogP contribution < -0.4 is 4.72 Å². The second-order valence-electron chi connectivity index (χ2n) is 7.33. The number of carbonyl (C=O) groups is 2. The number of nitrogens with zero attached hydrogens (tertiary/aromatic N) is 3. The number of amides is 2. The first-order chi connectivity index (χ1) is 12.1. The molecule has 2 amide bonds. The standard InChI is InChI=1S/C16H30N4O5S/c1-14(21)19-10-8-18(9-11-19)13-16(23)4-3-6-20(7-5-16)15(22)12-17-26(2,24)25/h17,23H,3-13H2,1-2H3. The predicted molar refractivity (Wildman–Crippen MR) is 96.9 cm³/mol. The van der Waals surface area contributed by atoms with Crippen molar-refractivity contribution in [3.8, 4) is 0 Å². The van der Waals surface area contributed by atoms with Crippen molar-refractivity contribution in [2.75, 3.05) is 58.6 Å². The third kappa shape index (κ3) is 6.49. The molecule has 2 saturated heterocycles. The quantitative estimate of drug-likeness (QED) is 0.588. The fourth-order valence-electron chi connectivity index (χ4n) is 3.53. The van der Waals surface area contributed by atoms with Gasteiger partial charge in [-0.2, -0.15) is 0 Å². The van der Waals surface area contributed by atoms with Crippen LogP contribution >= 0.6 is 0 Å². The van der Waals surface area contributed by atoms with Gasteiger partial charge in [-0.05, 0) is 19.3 Å². The van der Waals surface area contributed by atoms with Gasteiger partial charge < -0.3 is 14.9 Å². The summed E-state index contributed by atoms with van der Waals surface area (Å²) in [7, 11) is -3.40. The molecule has 0 aromatic carbocycles. The molecular formula is C16H30N4O5S. The topological polar surface area (TPSA) is 110 Å². The lowest BCUT2D eigenvalue weighted by Gasteiger charge is -2.39. The largest absolute Gasteiger partial charge is 0.388 e. The summed E-state index contributed by atoms with van der Waals surface area (Å²) in [6.45, 7) is 5.61. The average molecular weight is 391 g/mol. The normalized spacial score (nSPS) is 25.8. The highest BCUT2D eigenvalue weighted by Crippen LogP contribution is 2.24. The molecule has 150 valence electrons. The van der Waals surface area contributed by atoms with E-state index in [9.17, 15) is 23.1 Å². The zero-order chi connectivity index (χ0) is 19.4. The van der Waals surface area contributed by atoms with E-state index in [1.807, 2.05) is 4.90 Å². The number of aliphatic hydroxyl groups is 1. The Kier molecular flexibility index (Phi) is 7.00. The van der Waals surface area contributed by atoms with Gasteiger partial charge in [0.05, 0.1) is 18.4 Å². The van der Waals surface area contributed by atoms with Gasteiger partial charge >= 0.3 is 0 Å². The molecule has 0 spiro atoms. The van der Waals surface area contributed by atoms with Crippen molar-refractivity contribution < 1.29 is 23.1 Å². The highest BCUT2D eigenvalue weighted by molar-refractivity contribution is 7.88. The summed E-state index contributed by atoms with van der Waals surface area (Å²) in [4.78, 5) is 29.2. The van der Waals surface area contributed by atoms with E-state index >= 15 is 0 Å². The van der Waals surface area contributed by atoms with Crippen LogP contribution in [0.4, 0.5) is 0 Å². The van der Waals surface area contributed by atoms with Gasteiger partial charge in [-0.25, -0.2) is 13.1 Å². The first kappa shape index (κ1) is 21.1. The fraction of sp³-hybridized carbons (Fsp3) is 0.875.